The van der Waals surface area contributed by atoms with Gasteiger partial charge in [0.15, 0.2) is 5.75 Å². The van der Waals surface area contributed by atoms with Crippen molar-refractivity contribution in [3.05, 3.63) is 42.0 Å². The minimum atomic E-state index is -0.639. The molecule has 0 spiro atoms. The van der Waals surface area contributed by atoms with Crippen LogP contribution in [0.15, 0.2) is 35.5 Å². The first-order valence-electron chi connectivity index (χ1n) is 5.96. The van der Waals surface area contributed by atoms with Crippen LogP contribution in [0.25, 0.3) is 11.1 Å². The van der Waals surface area contributed by atoms with Crippen molar-refractivity contribution in [3.63, 3.8) is 0 Å². The van der Waals surface area contributed by atoms with Crippen molar-refractivity contribution in [1.82, 2.24) is 4.98 Å². The minimum absolute atomic E-state index is 0.0980. The Morgan fingerprint density at radius 3 is 2.80 bits per heavy atom. The Morgan fingerprint density at radius 2 is 2.15 bits per heavy atom. The third-order valence-corrected chi connectivity index (χ3v) is 2.87. The highest BCUT2D eigenvalue weighted by atomic mass is 19.1. The molecule has 0 atom stereocenters. The van der Waals surface area contributed by atoms with Gasteiger partial charge < -0.3 is 16.2 Å². The first-order chi connectivity index (χ1) is 9.69. The van der Waals surface area contributed by atoms with Gasteiger partial charge in [0.25, 0.3) is 5.95 Å². The van der Waals surface area contributed by atoms with Crippen LogP contribution in [0.5, 0.6) is 5.75 Å². The molecule has 0 saturated heterocycles. The summed E-state index contributed by atoms with van der Waals surface area (Å²) in [6.07, 6.45) is 2.66. The molecule has 0 amide bonds. The molecule has 0 saturated carbocycles. The molecule has 2 aromatic rings. The standard InChI is InChI=1S/C14H15FN4O/c1-20-13-5-11(7-18-14(13)15)9-2-3-12(19-8-17)10(4-9)6-16/h2-5,7-8H,6,16H2,1H3,(H2,17,19). The van der Waals surface area contributed by atoms with Gasteiger partial charge in [-0.3, -0.25) is 0 Å². The fourth-order valence-corrected chi connectivity index (χ4v) is 1.86. The first kappa shape index (κ1) is 14.0. The number of pyridine rings is 1. The van der Waals surface area contributed by atoms with Crippen LogP contribution >= 0.6 is 0 Å². The third-order valence-electron chi connectivity index (χ3n) is 2.87. The number of ether oxygens (including phenoxy) is 1. The lowest BCUT2D eigenvalue weighted by Gasteiger charge is -2.08. The summed E-state index contributed by atoms with van der Waals surface area (Å²) < 4.78 is 18.2. The van der Waals surface area contributed by atoms with Crippen molar-refractivity contribution < 1.29 is 9.13 Å². The van der Waals surface area contributed by atoms with Gasteiger partial charge in [-0.1, -0.05) is 6.07 Å². The van der Waals surface area contributed by atoms with Crippen LogP contribution in [0.2, 0.25) is 0 Å². The number of hydrogen-bond donors (Lipinski definition) is 2. The van der Waals surface area contributed by atoms with Crippen LogP contribution in [-0.2, 0) is 6.54 Å². The highest BCUT2D eigenvalue weighted by molar-refractivity contribution is 5.70. The zero-order valence-electron chi connectivity index (χ0n) is 11.0. The fraction of sp³-hybridized carbons (Fsp3) is 0.143. The average molecular weight is 274 g/mol. The smallest absolute Gasteiger partial charge is 0.255 e. The monoisotopic (exact) mass is 274 g/mol. The Labute approximate surface area is 116 Å². The van der Waals surface area contributed by atoms with E-state index in [0.717, 1.165) is 16.7 Å². The predicted molar refractivity (Wildman–Crippen MR) is 76.4 cm³/mol. The van der Waals surface area contributed by atoms with Crippen LogP contribution < -0.4 is 16.2 Å². The molecule has 0 fully saturated rings. The topological polar surface area (TPSA) is 86.5 Å². The molecule has 0 aliphatic rings. The molecule has 6 heteroatoms. The van der Waals surface area contributed by atoms with E-state index in [2.05, 4.69) is 9.98 Å². The van der Waals surface area contributed by atoms with E-state index in [9.17, 15) is 4.39 Å². The maximum Gasteiger partial charge on any atom is 0.255 e. The number of aromatic nitrogens is 1. The second-order valence-corrected chi connectivity index (χ2v) is 4.04. The zero-order valence-corrected chi connectivity index (χ0v) is 11.0. The molecule has 104 valence electrons. The Kier molecular flexibility index (Phi) is 4.27. The number of methoxy groups -OCH3 is 1. The maximum absolute atomic E-state index is 13.3. The van der Waals surface area contributed by atoms with Crippen LogP contribution in [0.3, 0.4) is 0 Å². The van der Waals surface area contributed by atoms with E-state index < -0.39 is 5.95 Å². The van der Waals surface area contributed by atoms with Crippen molar-refractivity contribution in [2.75, 3.05) is 7.11 Å². The summed E-state index contributed by atoms with van der Waals surface area (Å²) in [6, 6.07) is 7.10. The summed E-state index contributed by atoms with van der Waals surface area (Å²) in [7, 11) is 1.40. The number of nitrogens with two attached hydrogens (primary N) is 2. The van der Waals surface area contributed by atoms with E-state index in [4.69, 9.17) is 16.2 Å². The Bertz CT molecular complexity index is 643. The lowest BCUT2D eigenvalue weighted by molar-refractivity contribution is 0.378. The molecular formula is C14H15FN4O. The van der Waals surface area contributed by atoms with E-state index in [1.54, 1.807) is 12.1 Å². The number of hydrogen-bond acceptors (Lipinski definition) is 4. The van der Waals surface area contributed by atoms with Crippen LogP contribution in [-0.4, -0.2) is 18.4 Å². The SMILES string of the molecule is COc1cc(-c2ccc(/N=C\N)c(CN)c2)cnc1F. The molecule has 2 rings (SSSR count). The van der Waals surface area contributed by atoms with Crippen molar-refractivity contribution in [2.24, 2.45) is 16.5 Å². The fourth-order valence-electron chi connectivity index (χ4n) is 1.86. The average Bonchev–Trinajstić information content (AvgIpc) is 2.48. The first-order valence-corrected chi connectivity index (χ1v) is 5.96. The summed E-state index contributed by atoms with van der Waals surface area (Å²) in [6.45, 7) is 0.326. The second-order valence-electron chi connectivity index (χ2n) is 4.04. The van der Waals surface area contributed by atoms with E-state index in [1.165, 1.54) is 19.6 Å². The van der Waals surface area contributed by atoms with Crippen molar-refractivity contribution >= 4 is 12.0 Å². The van der Waals surface area contributed by atoms with Gasteiger partial charge in [0.2, 0.25) is 0 Å². The Balaban J connectivity index is 2.47. The number of aliphatic imine (C=N–C) groups is 1. The van der Waals surface area contributed by atoms with E-state index in [1.807, 2.05) is 12.1 Å². The molecule has 4 N–H and O–H groups in total. The van der Waals surface area contributed by atoms with Gasteiger partial charge in [-0.15, -0.1) is 0 Å². The molecular weight excluding hydrogens is 259 g/mol. The van der Waals surface area contributed by atoms with Gasteiger partial charge in [-0.25, -0.2) is 9.98 Å². The Hall–Kier alpha value is -2.47. The molecule has 0 aliphatic heterocycles. The van der Waals surface area contributed by atoms with Gasteiger partial charge in [-0.2, -0.15) is 4.39 Å². The van der Waals surface area contributed by atoms with Gasteiger partial charge in [0, 0.05) is 18.3 Å². The number of benzene rings is 1. The lowest BCUT2D eigenvalue weighted by atomic mass is 10.0. The molecule has 0 bridgehead atoms. The number of rotatable bonds is 4. The summed E-state index contributed by atoms with van der Waals surface area (Å²) >= 11 is 0. The third kappa shape index (κ3) is 2.75. The van der Waals surface area contributed by atoms with Gasteiger partial charge >= 0.3 is 0 Å². The predicted octanol–water partition coefficient (Wildman–Crippen LogP) is 1.97. The molecule has 1 heterocycles. The largest absolute Gasteiger partial charge is 0.492 e. The molecule has 0 unspecified atom stereocenters. The number of halogens is 1. The Morgan fingerprint density at radius 1 is 1.35 bits per heavy atom. The van der Waals surface area contributed by atoms with E-state index in [0.29, 0.717) is 12.2 Å². The maximum atomic E-state index is 13.3. The van der Waals surface area contributed by atoms with Crippen molar-refractivity contribution in [1.29, 1.82) is 0 Å². The molecule has 1 aromatic carbocycles. The highest BCUT2D eigenvalue weighted by Gasteiger charge is 2.08. The summed E-state index contributed by atoms with van der Waals surface area (Å²) in [5.74, 6) is -0.541. The molecule has 20 heavy (non-hydrogen) atoms. The van der Waals surface area contributed by atoms with Gasteiger partial charge in [-0.05, 0) is 29.3 Å². The van der Waals surface area contributed by atoms with Crippen LogP contribution in [0.1, 0.15) is 5.56 Å². The highest BCUT2D eigenvalue weighted by Crippen LogP contribution is 2.29. The minimum Gasteiger partial charge on any atom is -0.492 e. The molecule has 5 nitrogen and oxygen atoms in total. The molecule has 1 aromatic heterocycles. The quantitative estimate of drug-likeness (QED) is 0.507. The molecule has 0 aliphatic carbocycles. The van der Waals surface area contributed by atoms with Crippen LogP contribution in [0.4, 0.5) is 10.1 Å². The number of nitrogens with zero attached hydrogens (tertiary/aromatic N) is 2. The summed E-state index contributed by atoms with van der Waals surface area (Å²) in [5, 5.41) is 0. The normalized spacial score (nSPS) is 10.9. The summed E-state index contributed by atoms with van der Waals surface area (Å²) in [4.78, 5) is 7.70. The molecule has 0 radical (unpaired) electrons. The van der Waals surface area contributed by atoms with E-state index >= 15 is 0 Å². The second kappa shape index (κ2) is 6.12. The van der Waals surface area contributed by atoms with Crippen molar-refractivity contribution in [3.8, 4) is 16.9 Å². The van der Waals surface area contributed by atoms with E-state index in [-0.39, 0.29) is 5.75 Å². The van der Waals surface area contributed by atoms with Gasteiger partial charge in [0.05, 0.1) is 19.1 Å². The van der Waals surface area contributed by atoms with Crippen LogP contribution in [0, 0.1) is 5.95 Å². The zero-order chi connectivity index (χ0) is 14.5. The summed E-state index contributed by atoms with van der Waals surface area (Å²) in [5.41, 5.74) is 14.1. The lowest BCUT2D eigenvalue weighted by Crippen LogP contribution is -1.98. The van der Waals surface area contributed by atoms with Gasteiger partial charge in [0.1, 0.15) is 0 Å². The van der Waals surface area contributed by atoms with Crippen molar-refractivity contribution in [2.45, 2.75) is 6.54 Å².